The molecule has 1 N–H and O–H groups in total. The summed E-state index contributed by atoms with van der Waals surface area (Å²) in [5, 5.41) is 2.89. The molecule has 0 bridgehead atoms. The fourth-order valence-corrected chi connectivity index (χ4v) is 7.09. The minimum absolute atomic E-state index is 0.0401. The molecule has 2 atom stereocenters. The average molecular weight is 556 g/mol. The number of ketones is 1. The van der Waals surface area contributed by atoms with Crippen molar-refractivity contribution >= 4 is 33.3 Å². The van der Waals surface area contributed by atoms with Crippen LogP contribution in [0.2, 0.25) is 0 Å². The molecule has 2 amide bonds. The lowest BCUT2D eigenvalue weighted by Gasteiger charge is -2.28. The Hall–Kier alpha value is -3.35. The summed E-state index contributed by atoms with van der Waals surface area (Å²) in [5.41, 5.74) is 1.65. The fraction of sp³-hybridized carbons (Fsp3) is 0.481. The van der Waals surface area contributed by atoms with Crippen LogP contribution in [-0.2, 0) is 24.3 Å². The van der Waals surface area contributed by atoms with E-state index in [2.05, 4.69) is 15.2 Å². The first-order valence-electron chi connectivity index (χ1n) is 13.3. The third kappa shape index (κ3) is 5.82. The van der Waals surface area contributed by atoms with Crippen molar-refractivity contribution in [3.8, 4) is 0 Å². The number of nitrogens with zero attached hydrogens (tertiary/aromatic N) is 4. The quantitative estimate of drug-likeness (QED) is 0.455. The van der Waals surface area contributed by atoms with Gasteiger partial charge in [-0.15, -0.1) is 0 Å². The Morgan fingerprint density at radius 1 is 1.05 bits per heavy atom. The molecular weight excluding hydrogens is 522 g/mol. The average Bonchev–Trinajstić information content (AvgIpc) is 3.55. The van der Waals surface area contributed by atoms with Crippen LogP contribution in [0.25, 0.3) is 0 Å². The van der Waals surface area contributed by atoms with Crippen molar-refractivity contribution < 1.29 is 27.5 Å². The standard InChI is InChI=1S/C27H33N5O6S/c33-24-19-32(39(36,37)22-4-3-11-28-18-22)23-10-13-31(26(23)24)25(34)5-1-2-12-29-27(35)20-6-8-21(9-7-20)30-14-16-38-17-15-30/h3-4,6-9,11,18,23,26H,1-2,5,10,12-17,19H2,(H,29,35). The Morgan fingerprint density at radius 2 is 1.82 bits per heavy atom. The van der Waals surface area contributed by atoms with Crippen LogP contribution in [0.1, 0.15) is 36.0 Å². The van der Waals surface area contributed by atoms with Crippen LogP contribution in [0.3, 0.4) is 0 Å². The zero-order valence-corrected chi connectivity index (χ0v) is 22.5. The Kier molecular flexibility index (Phi) is 8.24. The molecule has 3 saturated heterocycles. The smallest absolute Gasteiger partial charge is 0.251 e. The number of hydrogen-bond acceptors (Lipinski definition) is 8. The van der Waals surface area contributed by atoms with Gasteiger partial charge in [0.25, 0.3) is 5.91 Å². The summed E-state index contributed by atoms with van der Waals surface area (Å²) in [4.78, 5) is 45.9. The lowest BCUT2D eigenvalue weighted by Crippen LogP contribution is -2.43. The van der Waals surface area contributed by atoms with Crippen LogP contribution >= 0.6 is 0 Å². The van der Waals surface area contributed by atoms with Crippen LogP contribution < -0.4 is 10.2 Å². The van der Waals surface area contributed by atoms with Crippen molar-refractivity contribution in [2.75, 3.05) is 50.8 Å². The third-order valence-corrected chi connectivity index (χ3v) is 9.40. The molecular formula is C27H33N5O6S. The molecule has 2 unspecified atom stereocenters. The molecule has 0 radical (unpaired) electrons. The van der Waals surface area contributed by atoms with Gasteiger partial charge in [0.2, 0.25) is 15.9 Å². The van der Waals surface area contributed by atoms with E-state index in [-0.39, 0.29) is 35.5 Å². The highest BCUT2D eigenvalue weighted by Gasteiger charge is 2.53. The van der Waals surface area contributed by atoms with Gasteiger partial charge in [-0.1, -0.05) is 0 Å². The molecule has 1 aromatic heterocycles. The van der Waals surface area contributed by atoms with Crippen LogP contribution in [0.4, 0.5) is 5.69 Å². The van der Waals surface area contributed by atoms with E-state index in [1.807, 2.05) is 24.3 Å². The predicted octanol–water partition coefficient (Wildman–Crippen LogP) is 1.06. The van der Waals surface area contributed by atoms with Gasteiger partial charge in [-0.2, -0.15) is 4.31 Å². The molecule has 0 aliphatic carbocycles. The molecule has 39 heavy (non-hydrogen) atoms. The Labute approximate surface area is 228 Å². The molecule has 3 aliphatic rings. The number of nitrogens with one attached hydrogen (secondary N) is 1. The second-order valence-corrected chi connectivity index (χ2v) is 11.8. The zero-order valence-electron chi connectivity index (χ0n) is 21.7. The predicted molar refractivity (Wildman–Crippen MR) is 143 cm³/mol. The first-order chi connectivity index (χ1) is 18.9. The van der Waals surface area contributed by atoms with E-state index >= 15 is 0 Å². The molecule has 3 aliphatic heterocycles. The second kappa shape index (κ2) is 11.8. The van der Waals surface area contributed by atoms with Crippen LogP contribution in [0.5, 0.6) is 0 Å². The molecule has 12 heteroatoms. The first-order valence-corrected chi connectivity index (χ1v) is 14.8. The highest BCUT2D eigenvalue weighted by atomic mass is 32.2. The lowest BCUT2D eigenvalue weighted by molar-refractivity contribution is -0.136. The van der Waals surface area contributed by atoms with Crippen molar-refractivity contribution in [2.45, 2.75) is 42.7 Å². The number of sulfonamides is 1. The van der Waals surface area contributed by atoms with Crippen LogP contribution in [-0.4, -0.2) is 98.2 Å². The number of morpholine rings is 1. The van der Waals surface area contributed by atoms with E-state index in [0.29, 0.717) is 51.1 Å². The molecule has 11 nitrogen and oxygen atoms in total. The van der Waals surface area contributed by atoms with Gasteiger partial charge in [0.05, 0.1) is 25.8 Å². The number of ether oxygens (including phenoxy) is 1. The van der Waals surface area contributed by atoms with E-state index in [1.165, 1.54) is 33.7 Å². The summed E-state index contributed by atoms with van der Waals surface area (Å²) in [6.45, 7) is 3.60. The van der Waals surface area contributed by atoms with Gasteiger partial charge in [0, 0.05) is 56.2 Å². The van der Waals surface area contributed by atoms with Gasteiger partial charge in [-0.25, -0.2) is 8.42 Å². The van der Waals surface area contributed by atoms with Gasteiger partial charge in [-0.05, 0) is 55.7 Å². The number of carbonyl (C=O) groups is 3. The molecule has 4 heterocycles. The summed E-state index contributed by atoms with van der Waals surface area (Å²) in [6.07, 6.45) is 4.57. The number of carbonyl (C=O) groups excluding carboxylic acids is 3. The van der Waals surface area contributed by atoms with Gasteiger partial charge >= 0.3 is 0 Å². The number of fused-ring (bicyclic) bond motifs is 1. The van der Waals surface area contributed by atoms with E-state index in [4.69, 9.17) is 4.74 Å². The van der Waals surface area contributed by atoms with Crippen molar-refractivity contribution in [3.05, 3.63) is 54.4 Å². The minimum atomic E-state index is -3.87. The SMILES string of the molecule is O=C(NCCCCC(=O)N1CCC2C1C(=O)CN2S(=O)(=O)c1cccnc1)c1ccc(N2CCOCC2)cc1. The monoisotopic (exact) mass is 555 g/mol. The summed E-state index contributed by atoms with van der Waals surface area (Å²) in [7, 11) is -3.87. The summed E-state index contributed by atoms with van der Waals surface area (Å²) in [5.74, 6) is -0.588. The lowest BCUT2D eigenvalue weighted by atomic mass is 10.1. The Morgan fingerprint density at radius 3 is 2.54 bits per heavy atom. The molecule has 0 spiro atoms. The van der Waals surface area contributed by atoms with Crippen molar-refractivity contribution in [1.82, 2.24) is 19.5 Å². The maximum Gasteiger partial charge on any atom is 0.251 e. The molecule has 3 fully saturated rings. The second-order valence-electron chi connectivity index (χ2n) is 9.95. The zero-order chi connectivity index (χ0) is 27.4. The highest BCUT2D eigenvalue weighted by molar-refractivity contribution is 7.89. The number of rotatable bonds is 9. The van der Waals surface area contributed by atoms with Crippen molar-refractivity contribution in [1.29, 1.82) is 0 Å². The van der Waals surface area contributed by atoms with E-state index in [1.54, 1.807) is 0 Å². The summed E-state index contributed by atoms with van der Waals surface area (Å²) >= 11 is 0. The third-order valence-electron chi connectivity index (χ3n) is 7.55. The largest absolute Gasteiger partial charge is 0.378 e. The number of amides is 2. The van der Waals surface area contributed by atoms with Crippen LogP contribution in [0.15, 0.2) is 53.7 Å². The molecule has 208 valence electrons. The number of aromatic nitrogens is 1. The molecule has 5 rings (SSSR count). The summed E-state index contributed by atoms with van der Waals surface area (Å²) < 4.78 is 32.7. The Bertz CT molecular complexity index is 1300. The normalized spacial score (nSPS) is 21.7. The molecule has 1 aromatic carbocycles. The topological polar surface area (TPSA) is 129 Å². The van der Waals surface area contributed by atoms with Crippen LogP contribution in [0, 0.1) is 0 Å². The maximum absolute atomic E-state index is 13.1. The number of hydrogen-bond donors (Lipinski definition) is 1. The summed E-state index contributed by atoms with van der Waals surface area (Å²) in [6, 6.07) is 9.19. The van der Waals surface area contributed by atoms with Crippen molar-refractivity contribution in [3.63, 3.8) is 0 Å². The van der Waals surface area contributed by atoms with Gasteiger partial charge < -0.3 is 19.9 Å². The molecule has 0 saturated carbocycles. The number of benzene rings is 1. The van der Waals surface area contributed by atoms with Gasteiger partial charge in [-0.3, -0.25) is 19.4 Å². The molecule has 2 aromatic rings. The maximum atomic E-state index is 13.1. The number of anilines is 1. The van der Waals surface area contributed by atoms with Gasteiger partial charge in [0.15, 0.2) is 5.78 Å². The highest BCUT2D eigenvalue weighted by Crippen LogP contribution is 2.34. The van der Waals surface area contributed by atoms with Gasteiger partial charge in [0.1, 0.15) is 10.9 Å². The Balaban J connectivity index is 1.07. The number of unbranched alkanes of at least 4 members (excludes halogenated alkanes) is 1. The number of likely N-dealkylation sites (tertiary alicyclic amines) is 1. The minimum Gasteiger partial charge on any atom is -0.378 e. The van der Waals surface area contributed by atoms with E-state index in [9.17, 15) is 22.8 Å². The number of Topliss-reactive ketones (excluding diaryl/α,β-unsaturated/α-hetero) is 1. The first kappa shape index (κ1) is 27.2. The van der Waals surface area contributed by atoms with E-state index in [0.717, 1.165) is 18.8 Å². The number of pyridine rings is 1. The van der Waals surface area contributed by atoms with Crippen molar-refractivity contribution in [2.24, 2.45) is 0 Å². The van der Waals surface area contributed by atoms with E-state index < -0.39 is 22.1 Å². The fourth-order valence-electron chi connectivity index (χ4n) is 5.50.